The molecule has 0 fully saturated rings. The highest BCUT2D eigenvalue weighted by Gasteiger charge is 2.08. The fourth-order valence-electron chi connectivity index (χ4n) is 1.24. The highest BCUT2D eigenvalue weighted by molar-refractivity contribution is 9.11. The fourth-order valence-corrected chi connectivity index (χ4v) is 2.07. The lowest BCUT2D eigenvalue weighted by Gasteiger charge is -2.24. The molecule has 0 aromatic carbocycles. The van der Waals surface area contributed by atoms with Gasteiger partial charge in [-0.2, -0.15) is 0 Å². The van der Waals surface area contributed by atoms with Crippen LogP contribution in [0.3, 0.4) is 0 Å². The lowest BCUT2D eigenvalue weighted by Crippen LogP contribution is -2.29. The van der Waals surface area contributed by atoms with Crippen molar-refractivity contribution in [3.8, 4) is 0 Å². The molecule has 0 amide bonds. The molecule has 11 heavy (non-hydrogen) atoms. The van der Waals surface area contributed by atoms with E-state index in [4.69, 9.17) is 0 Å². The molecule has 1 heterocycles. The second-order valence-electron chi connectivity index (χ2n) is 2.76. The van der Waals surface area contributed by atoms with Gasteiger partial charge in [0.05, 0.1) is 0 Å². The highest BCUT2D eigenvalue weighted by Crippen LogP contribution is 2.14. The van der Waals surface area contributed by atoms with E-state index in [1.807, 2.05) is 0 Å². The predicted molar refractivity (Wildman–Crippen MR) is 56.5 cm³/mol. The molecule has 0 spiro atoms. The summed E-state index contributed by atoms with van der Waals surface area (Å²) < 4.78 is 1.35. The minimum absolute atomic E-state index is 1.10. The Morgan fingerprint density at radius 3 is 3.00 bits per heavy atom. The lowest BCUT2D eigenvalue weighted by molar-refractivity contribution is 0.299. The Balaban J connectivity index is 2.21. The van der Waals surface area contributed by atoms with Gasteiger partial charge in [-0.15, -0.1) is 0 Å². The molecule has 0 bridgehead atoms. The first-order valence-electron chi connectivity index (χ1n) is 3.96. The van der Waals surface area contributed by atoms with Crippen molar-refractivity contribution in [3.05, 3.63) is 10.6 Å². The van der Waals surface area contributed by atoms with E-state index in [2.05, 4.69) is 42.8 Å². The van der Waals surface area contributed by atoms with Gasteiger partial charge in [-0.3, -0.25) is 4.90 Å². The van der Waals surface area contributed by atoms with E-state index < -0.39 is 0 Å². The predicted octanol–water partition coefficient (Wildman–Crippen LogP) is 2.76. The van der Waals surface area contributed by atoms with Crippen LogP contribution in [0.4, 0.5) is 0 Å². The maximum Gasteiger partial charge on any atom is 0.0296 e. The van der Waals surface area contributed by atoms with Crippen molar-refractivity contribution < 1.29 is 0 Å². The largest absolute Gasteiger partial charge is 0.298 e. The van der Waals surface area contributed by atoms with Crippen molar-refractivity contribution in [2.45, 2.75) is 12.8 Å². The first-order valence-corrected chi connectivity index (χ1v) is 5.87. The summed E-state index contributed by atoms with van der Waals surface area (Å²) in [6.45, 7) is 3.54. The lowest BCUT2D eigenvalue weighted by atomic mass is 10.2. The summed E-state index contributed by atoms with van der Waals surface area (Å²) in [5.74, 6) is 0. The van der Waals surface area contributed by atoms with Crippen LogP contribution in [0.25, 0.3) is 0 Å². The molecule has 1 aliphatic heterocycles. The minimum Gasteiger partial charge on any atom is -0.298 e. The number of nitrogens with zero attached hydrogens (tertiary/aromatic N) is 1. The van der Waals surface area contributed by atoms with Crippen LogP contribution in [0.1, 0.15) is 12.8 Å². The molecule has 1 nitrogen and oxygen atoms in total. The number of hydrogen-bond donors (Lipinski definition) is 0. The summed E-state index contributed by atoms with van der Waals surface area (Å²) in [6, 6.07) is 0. The standard InChI is InChI=1S/C8H13Br2N/c9-4-2-6-11-5-1-3-8(10)7-11/h3H,1-2,4-7H2. The van der Waals surface area contributed by atoms with Gasteiger partial charge in [-0.25, -0.2) is 0 Å². The van der Waals surface area contributed by atoms with E-state index in [-0.39, 0.29) is 0 Å². The molecule has 0 saturated heterocycles. The molecule has 0 aromatic heterocycles. The Labute approximate surface area is 85.1 Å². The van der Waals surface area contributed by atoms with Crippen LogP contribution in [-0.2, 0) is 0 Å². The van der Waals surface area contributed by atoms with Gasteiger partial charge in [0, 0.05) is 22.9 Å². The zero-order valence-corrected chi connectivity index (χ0v) is 9.70. The minimum atomic E-state index is 1.10. The van der Waals surface area contributed by atoms with Crippen LogP contribution in [0.2, 0.25) is 0 Å². The monoisotopic (exact) mass is 281 g/mol. The maximum absolute atomic E-state index is 3.53. The van der Waals surface area contributed by atoms with Crippen molar-refractivity contribution in [1.82, 2.24) is 4.90 Å². The topological polar surface area (TPSA) is 3.24 Å². The number of rotatable bonds is 3. The van der Waals surface area contributed by atoms with E-state index >= 15 is 0 Å². The number of alkyl halides is 1. The molecule has 1 rings (SSSR count). The van der Waals surface area contributed by atoms with Gasteiger partial charge >= 0.3 is 0 Å². The fraction of sp³-hybridized carbons (Fsp3) is 0.750. The summed E-state index contributed by atoms with van der Waals surface area (Å²) in [7, 11) is 0. The summed E-state index contributed by atoms with van der Waals surface area (Å²) in [4.78, 5) is 2.48. The Kier molecular flexibility index (Phi) is 4.72. The molecular weight excluding hydrogens is 270 g/mol. The second kappa shape index (κ2) is 5.33. The van der Waals surface area contributed by atoms with E-state index in [1.54, 1.807) is 0 Å². The molecule has 64 valence electrons. The quantitative estimate of drug-likeness (QED) is 0.720. The van der Waals surface area contributed by atoms with Crippen molar-refractivity contribution in [2.75, 3.05) is 25.0 Å². The molecular formula is C8H13Br2N. The van der Waals surface area contributed by atoms with Gasteiger partial charge < -0.3 is 0 Å². The third-order valence-corrected chi connectivity index (χ3v) is 2.93. The van der Waals surface area contributed by atoms with Crippen molar-refractivity contribution in [3.63, 3.8) is 0 Å². The number of hydrogen-bond acceptors (Lipinski definition) is 1. The molecule has 3 heteroatoms. The smallest absolute Gasteiger partial charge is 0.0296 e. The highest BCUT2D eigenvalue weighted by atomic mass is 79.9. The second-order valence-corrected chi connectivity index (χ2v) is 4.57. The molecule has 0 aliphatic carbocycles. The third-order valence-electron chi connectivity index (χ3n) is 1.79. The summed E-state index contributed by atoms with van der Waals surface area (Å²) >= 11 is 6.97. The van der Waals surface area contributed by atoms with Gasteiger partial charge in [0.25, 0.3) is 0 Å². The molecule has 0 radical (unpaired) electrons. The molecule has 0 aromatic rings. The molecule has 0 atom stereocenters. The van der Waals surface area contributed by atoms with E-state index in [0.29, 0.717) is 0 Å². The van der Waals surface area contributed by atoms with Crippen LogP contribution in [0.15, 0.2) is 10.6 Å². The van der Waals surface area contributed by atoms with Gasteiger partial charge in [0.2, 0.25) is 0 Å². The normalized spacial score (nSPS) is 20.0. The van der Waals surface area contributed by atoms with Gasteiger partial charge in [-0.05, 0) is 19.4 Å². The summed E-state index contributed by atoms with van der Waals surface area (Å²) in [5, 5.41) is 1.12. The van der Waals surface area contributed by atoms with Crippen LogP contribution >= 0.6 is 31.9 Å². The molecule has 0 unspecified atom stereocenters. The average molecular weight is 283 g/mol. The van der Waals surface area contributed by atoms with Gasteiger partial charge in [-0.1, -0.05) is 37.9 Å². The van der Waals surface area contributed by atoms with Crippen LogP contribution in [-0.4, -0.2) is 29.9 Å². The van der Waals surface area contributed by atoms with Crippen LogP contribution < -0.4 is 0 Å². The van der Waals surface area contributed by atoms with Crippen LogP contribution in [0.5, 0.6) is 0 Å². The summed E-state index contributed by atoms with van der Waals surface area (Å²) in [6.07, 6.45) is 4.72. The Hall–Kier alpha value is 0.660. The third kappa shape index (κ3) is 3.72. The Bertz CT molecular complexity index is 145. The zero-order chi connectivity index (χ0) is 8.10. The first kappa shape index (κ1) is 9.75. The van der Waals surface area contributed by atoms with Crippen molar-refractivity contribution in [1.29, 1.82) is 0 Å². The maximum atomic E-state index is 3.53. The van der Waals surface area contributed by atoms with Crippen molar-refractivity contribution >= 4 is 31.9 Å². The molecule has 0 saturated carbocycles. The van der Waals surface area contributed by atoms with Crippen molar-refractivity contribution in [2.24, 2.45) is 0 Å². The van der Waals surface area contributed by atoms with E-state index in [1.165, 1.54) is 30.4 Å². The first-order chi connectivity index (χ1) is 5.33. The Morgan fingerprint density at radius 2 is 2.36 bits per heavy atom. The average Bonchev–Trinajstić information content (AvgIpc) is 2.01. The number of halogens is 2. The SMILES string of the molecule is BrCCCN1CCC=C(Br)C1. The van der Waals surface area contributed by atoms with E-state index in [9.17, 15) is 0 Å². The Morgan fingerprint density at radius 1 is 1.55 bits per heavy atom. The molecule has 0 N–H and O–H groups in total. The zero-order valence-electron chi connectivity index (χ0n) is 6.52. The van der Waals surface area contributed by atoms with Gasteiger partial charge in [0.1, 0.15) is 0 Å². The molecule has 1 aliphatic rings. The van der Waals surface area contributed by atoms with Gasteiger partial charge in [0.15, 0.2) is 0 Å². The summed E-state index contributed by atoms with van der Waals surface area (Å²) in [5.41, 5.74) is 0. The van der Waals surface area contributed by atoms with Crippen LogP contribution in [0, 0.1) is 0 Å². The van der Waals surface area contributed by atoms with E-state index in [0.717, 1.165) is 11.9 Å².